The maximum atomic E-state index is 12.9. The van der Waals surface area contributed by atoms with E-state index in [1.807, 2.05) is 0 Å². The first-order valence-corrected chi connectivity index (χ1v) is 9.27. The highest BCUT2D eigenvalue weighted by molar-refractivity contribution is 6.32. The zero-order chi connectivity index (χ0) is 21.3. The lowest BCUT2D eigenvalue weighted by Gasteiger charge is -2.08. The van der Waals surface area contributed by atoms with Gasteiger partial charge < -0.3 is 4.74 Å². The summed E-state index contributed by atoms with van der Waals surface area (Å²) in [6, 6.07) is 9.24. The second-order valence-corrected chi connectivity index (χ2v) is 6.94. The molecule has 0 saturated carbocycles. The van der Waals surface area contributed by atoms with Crippen LogP contribution in [0.2, 0.25) is 5.02 Å². The van der Waals surface area contributed by atoms with Crippen molar-refractivity contribution in [3.63, 3.8) is 0 Å². The molecule has 0 aliphatic rings. The standard InChI is InChI=1S/C21H15ClF2N4O2/c1-30-21(29)17-7-15(22)6-14-8-27-28(19(14)17)11-16-9-26-18(10-25-16)12-3-2-4-13(5-12)20(23)24/h2-10,20H,11H2,1H3. The first-order chi connectivity index (χ1) is 14.5. The molecular weight excluding hydrogens is 414 g/mol. The van der Waals surface area contributed by atoms with E-state index >= 15 is 0 Å². The summed E-state index contributed by atoms with van der Waals surface area (Å²) in [5.41, 5.74) is 2.41. The van der Waals surface area contributed by atoms with Gasteiger partial charge in [0.25, 0.3) is 6.43 Å². The maximum Gasteiger partial charge on any atom is 0.340 e. The van der Waals surface area contributed by atoms with Gasteiger partial charge in [0.15, 0.2) is 0 Å². The Morgan fingerprint density at radius 3 is 2.70 bits per heavy atom. The Kier molecular flexibility index (Phi) is 5.41. The van der Waals surface area contributed by atoms with Crippen LogP contribution in [-0.2, 0) is 11.3 Å². The van der Waals surface area contributed by atoms with Crippen LogP contribution in [0, 0.1) is 0 Å². The summed E-state index contributed by atoms with van der Waals surface area (Å²) in [7, 11) is 1.29. The molecule has 0 amide bonds. The van der Waals surface area contributed by atoms with E-state index in [-0.39, 0.29) is 12.1 Å². The lowest BCUT2D eigenvalue weighted by molar-refractivity contribution is 0.0602. The van der Waals surface area contributed by atoms with E-state index < -0.39 is 12.4 Å². The quantitative estimate of drug-likeness (QED) is 0.422. The number of nitrogens with zero attached hydrogens (tertiary/aromatic N) is 4. The Balaban J connectivity index is 1.65. The number of aromatic nitrogens is 4. The van der Waals surface area contributed by atoms with Gasteiger partial charge in [0, 0.05) is 21.5 Å². The highest BCUT2D eigenvalue weighted by Crippen LogP contribution is 2.26. The minimum absolute atomic E-state index is 0.0737. The Bertz CT molecular complexity index is 1230. The van der Waals surface area contributed by atoms with E-state index in [1.165, 1.54) is 31.5 Å². The highest BCUT2D eigenvalue weighted by Gasteiger charge is 2.17. The van der Waals surface area contributed by atoms with E-state index in [0.717, 1.165) is 0 Å². The molecule has 4 rings (SSSR count). The molecule has 0 fully saturated rings. The van der Waals surface area contributed by atoms with Crippen LogP contribution >= 0.6 is 11.6 Å². The summed E-state index contributed by atoms with van der Waals surface area (Å²) in [6.07, 6.45) is 2.11. The molecule has 0 atom stereocenters. The number of benzene rings is 2. The number of hydrogen-bond acceptors (Lipinski definition) is 5. The van der Waals surface area contributed by atoms with Gasteiger partial charge in [-0.3, -0.25) is 14.6 Å². The minimum atomic E-state index is -2.55. The molecule has 2 heterocycles. The summed E-state index contributed by atoms with van der Waals surface area (Å²) in [4.78, 5) is 20.9. The number of carbonyl (C=O) groups is 1. The number of ether oxygens (including phenoxy) is 1. The van der Waals surface area contributed by atoms with Crippen molar-refractivity contribution in [3.05, 3.63) is 76.8 Å². The van der Waals surface area contributed by atoms with E-state index in [1.54, 1.807) is 35.3 Å². The number of rotatable bonds is 5. The molecule has 0 aliphatic heterocycles. The largest absolute Gasteiger partial charge is 0.465 e. The van der Waals surface area contributed by atoms with Crippen molar-refractivity contribution in [2.24, 2.45) is 0 Å². The number of alkyl halides is 2. The third kappa shape index (κ3) is 3.86. The molecule has 4 aromatic rings. The third-order valence-corrected chi connectivity index (χ3v) is 4.77. The molecule has 0 saturated heterocycles. The molecule has 0 N–H and O–H groups in total. The first kappa shape index (κ1) is 19.9. The van der Waals surface area contributed by atoms with E-state index in [0.29, 0.717) is 38.4 Å². The van der Waals surface area contributed by atoms with Gasteiger partial charge in [0.1, 0.15) is 0 Å². The monoisotopic (exact) mass is 428 g/mol. The average molecular weight is 429 g/mol. The zero-order valence-electron chi connectivity index (χ0n) is 15.7. The second-order valence-electron chi connectivity index (χ2n) is 6.50. The van der Waals surface area contributed by atoms with Gasteiger partial charge in [-0.2, -0.15) is 5.10 Å². The molecule has 0 spiro atoms. The molecule has 0 unspecified atom stereocenters. The molecule has 9 heteroatoms. The van der Waals surface area contributed by atoms with E-state index in [9.17, 15) is 13.6 Å². The topological polar surface area (TPSA) is 69.9 Å². The SMILES string of the molecule is COC(=O)c1cc(Cl)cc2cnn(Cc3cnc(-c4cccc(C(F)F)c4)cn3)c12. The van der Waals surface area contributed by atoms with Gasteiger partial charge in [-0.15, -0.1) is 0 Å². The van der Waals surface area contributed by atoms with Gasteiger partial charge >= 0.3 is 5.97 Å². The van der Waals surface area contributed by atoms with Crippen molar-refractivity contribution in [1.82, 2.24) is 19.7 Å². The van der Waals surface area contributed by atoms with Crippen molar-refractivity contribution in [2.45, 2.75) is 13.0 Å². The van der Waals surface area contributed by atoms with Crippen LogP contribution < -0.4 is 0 Å². The van der Waals surface area contributed by atoms with Crippen LogP contribution in [0.25, 0.3) is 22.2 Å². The number of esters is 1. The molecular formula is C21H15ClF2N4O2. The van der Waals surface area contributed by atoms with Crippen molar-refractivity contribution in [1.29, 1.82) is 0 Å². The Hall–Kier alpha value is -3.39. The average Bonchev–Trinajstić information content (AvgIpc) is 3.15. The van der Waals surface area contributed by atoms with Gasteiger partial charge in [-0.25, -0.2) is 13.6 Å². The van der Waals surface area contributed by atoms with Crippen molar-refractivity contribution >= 4 is 28.5 Å². The van der Waals surface area contributed by atoms with Crippen LogP contribution in [0.1, 0.15) is 28.0 Å². The van der Waals surface area contributed by atoms with Gasteiger partial charge in [0.05, 0.1) is 54.7 Å². The lowest BCUT2D eigenvalue weighted by Crippen LogP contribution is -2.09. The zero-order valence-corrected chi connectivity index (χ0v) is 16.5. The van der Waals surface area contributed by atoms with E-state index in [4.69, 9.17) is 16.3 Å². The molecule has 2 aromatic heterocycles. The van der Waals surface area contributed by atoms with Crippen molar-refractivity contribution in [2.75, 3.05) is 7.11 Å². The fourth-order valence-corrected chi connectivity index (χ4v) is 3.38. The molecule has 0 aliphatic carbocycles. The third-order valence-electron chi connectivity index (χ3n) is 4.56. The first-order valence-electron chi connectivity index (χ1n) is 8.89. The Morgan fingerprint density at radius 1 is 1.17 bits per heavy atom. The van der Waals surface area contributed by atoms with Crippen LogP contribution in [0.5, 0.6) is 0 Å². The Labute approximate surface area is 175 Å². The number of methoxy groups -OCH3 is 1. The normalized spacial score (nSPS) is 11.2. The van der Waals surface area contributed by atoms with Crippen molar-refractivity contribution < 1.29 is 18.3 Å². The van der Waals surface area contributed by atoms with Crippen LogP contribution in [0.15, 0.2) is 55.0 Å². The summed E-state index contributed by atoms with van der Waals surface area (Å²) >= 11 is 6.09. The number of carbonyl (C=O) groups excluding carboxylic acids is 1. The fourth-order valence-electron chi connectivity index (χ4n) is 3.15. The predicted molar refractivity (Wildman–Crippen MR) is 108 cm³/mol. The summed E-state index contributed by atoms with van der Waals surface area (Å²) in [5.74, 6) is -0.524. The molecule has 2 aromatic carbocycles. The molecule has 0 radical (unpaired) electrons. The fraction of sp³-hybridized carbons (Fsp3) is 0.143. The predicted octanol–water partition coefficient (Wildman–Crippen LogP) is 4.92. The van der Waals surface area contributed by atoms with E-state index in [2.05, 4.69) is 15.1 Å². The summed E-state index contributed by atoms with van der Waals surface area (Å²) in [6.45, 7) is 0.249. The molecule has 6 nitrogen and oxygen atoms in total. The van der Waals surface area contributed by atoms with Crippen LogP contribution in [0.4, 0.5) is 8.78 Å². The molecule has 152 valence electrons. The van der Waals surface area contributed by atoms with Gasteiger partial charge in [0.2, 0.25) is 0 Å². The number of halogens is 3. The smallest absolute Gasteiger partial charge is 0.340 e. The molecule has 0 bridgehead atoms. The lowest BCUT2D eigenvalue weighted by atomic mass is 10.1. The van der Waals surface area contributed by atoms with Crippen LogP contribution in [0.3, 0.4) is 0 Å². The second kappa shape index (κ2) is 8.16. The van der Waals surface area contributed by atoms with Crippen LogP contribution in [-0.4, -0.2) is 32.8 Å². The minimum Gasteiger partial charge on any atom is -0.465 e. The van der Waals surface area contributed by atoms with Crippen molar-refractivity contribution in [3.8, 4) is 11.3 Å². The van der Waals surface area contributed by atoms with Gasteiger partial charge in [-0.05, 0) is 18.2 Å². The Morgan fingerprint density at radius 2 is 2.00 bits per heavy atom. The maximum absolute atomic E-state index is 12.9. The number of hydrogen-bond donors (Lipinski definition) is 0. The molecule has 30 heavy (non-hydrogen) atoms. The highest BCUT2D eigenvalue weighted by atomic mass is 35.5. The summed E-state index contributed by atoms with van der Waals surface area (Å²) < 4.78 is 32.3. The number of fused-ring (bicyclic) bond motifs is 1. The summed E-state index contributed by atoms with van der Waals surface area (Å²) in [5, 5.41) is 5.41. The van der Waals surface area contributed by atoms with Gasteiger partial charge in [-0.1, -0.05) is 29.8 Å².